The van der Waals surface area contributed by atoms with Crippen LogP contribution in [0, 0.1) is 0 Å². The highest BCUT2D eigenvalue weighted by Gasteiger charge is 2.13. The summed E-state index contributed by atoms with van der Waals surface area (Å²) in [4.78, 5) is 10.2. The Labute approximate surface area is 75.0 Å². The van der Waals surface area contributed by atoms with E-state index in [-0.39, 0.29) is 17.9 Å². The predicted molar refractivity (Wildman–Crippen MR) is 52.1 cm³/mol. The van der Waals surface area contributed by atoms with E-state index in [0.29, 0.717) is 6.42 Å². The summed E-state index contributed by atoms with van der Waals surface area (Å²) < 4.78 is 0. The van der Waals surface area contributed by atoms with Crippen LogP contribution in [0.5, 0.6) is 0 Å². The van der Waals surface area contributed by atoms with Crippen LogP contribution in [-0.4, -0.2) is 30.4 Å². The van der Waals surface area contributed by atoms with E-state index in [9.17, 15) is 4.79 Å². The molecule has 1 atom stereocenters. The number of aliphatic carboxylic acids is 1. The monoisotopic (exact) mass is 171 g/mol. The van der Waals surface area contributed by atoms with Crippen molar-refractivity contribution in [2.45, 2.75) is 45.1 Å². The molecular weight excluding hydrogens is 153 g/mol. The van der Waals surface area contributed by atoms with Crippen molar-refractivity contribution in [2.75, 3.05) is 0 Å². The van der Waals surface area contributed by atoms with E-state index >= 15 is 0 Å². The minimum absolute atomic E-state index is 0.0674. The van der Waals surface area contributed by atoms with Gasteiger partial charge in [0.25, 0.3) is 0 Å². The Kier molecular flexibility index (Phi) is 4.31. The zero-order valence-corrected chi connectivity index (χ0v) is 8.35. The summed E-state index contributed by atoms with van der Waals surface area (Å²) in [6.45, 7) is 6.22. The van der Waals surface area contributed by atoms with Crippen LogP contribution in [0.1, 0.15) is 33.6 Å². The van der Waals surface area contributed by atoms with Gasteiger partial charge >= 0.3 is 5.97 Å². The van der Waals surface area contributed by atoms with Crippen LogP contribution in [0.25, 0.3) is 0 Å². The van der Waals surface area contributed by atoms with Gasteiger partial charge in [-0.1, -0.05) is 0 Å². The minimum Gasteiger partial charge on any atom is -0.481 e. The van der Waals surface area contributed by atoms with Crippen molar-refractivity contribution in [3.8, 4) is 0 Å². The van der Waals surface area contributed by atoms with Gasteiger partial charge in [-0.15, -0.1) is 0 Å². The van der Waals surface area contributed by atoms with E-state index in [4.69, 9.17) is 5.11 Å². The Morgan fingerprint density at radius 1 is 1.58 bits per heavy atom. The van der Waals surface area contributed by atoms with Crippen molar-refractivity contribution >= 4 is 13.8 Å². The summed E-state index contributed by atoms with van der Waals surface area (Å²) in [5.41, 5.74) is 0.0674. The van der Waals surface area contributed by atoms with E-state index in [2.05, 4.69) is 26.1 Å². The first-order chi connectivity index (χ1) is 5.31. The number of nitrogens with one attached hydrogen (secondary N) is 1. The first-order valence-corrected chi connectivity index (χ1v) is 4.31. The molecule has 0 rings (SSSR count). The molecule has 2 N–H and O–H groups in total. The molecule has 0 amide bonds. The van der Waals surface area contributed by atoms with Crippen molar-refractivity contribution < 1.29 is 9.90 Å². The fourth-order valence-electron chi connectivity index (χ4n) is 1.15. The van der Waals surface area contributed by atoms with Crippen LogP contribution in [0.2, 0.25) is 0 Å². The molecule has 0 aliphatic carbocycles. The quantitative estimate of drug-likeness (QED) is 0.594. The third-order valence-corrected chi connectivity index (χ3v) is 1.47. The molecule has 0 fully saturated rings. The largest absolute Gasteiger partial charge is 0.481 e. The van der Waals surface area contributed by atoms with Crippen molar-refractivity contribution in [1.29, 1.82) is 0 Å². The zero-order valence-electron chi connectivity index (χ0n) is 8.35. The van der Waals surface area contributed by atoms with Crippen LogP contribution in [0.3, 0.4) is 0 Å². The summed E-state index contributed by atoms with van der Waals surface area (Å²) in [6.07, 6.45) is 0.927. The molecule has 0 aliphatic heterocycles. The smallest absolute Gasteiger partial charge is 0.303 e. The molecule has 3 nitrogen and oxygen atoms in total. The summed E-state index contributed by atoms with van der Waals surface area (Å²) in [7, 11) is 2.01. The van der Waals surface area contributed by atoms with Crippen LogP contribution < -0.4 is 5.32 Å². The Bertz CT molecular complexity index is 154. The molecule has 0 saturated heterocycles. The van der Waals surface area contributed by atoms with Gasteiger partial charge in [-0.3, -0.25) is 4.79 Å². The SMILES string of the molecule is BC(CCC(=O)O)NC(C)(C)C. The number of carboxylic acids is 1. The number of hydrogen-bond donors (Lipinski definition) is 2. The summed E-state index contributed by atoms with van der Waals surface area (Å²) in [6, 6.07) is 0. The summed E-state index contributed by atoms with van der Waals surface area (Å²) in [5, 5.41) is 11.7. The van der Waals surface area contributed by atoms with Crippen molar-refractivity contribution in [3.63, 3.8) is 0 Å². The molecule has 0 spiro atoms. The number of hydrogen-bond acceptors (Lipinski definition) is 2. The second kappa shape index (κ2) is 4.50. The van der Waals surface area contributed by atoms with Gasteiger partial charge in [0.05, 0.1) is 0 Å². The lowest BCUT2D eigenvalue weighted by atomic mass is 9.89. The number of carboxylic acid groups (broad SMARTS) is 1. The van der Waals surface area contributed by atoms with Gasteiger partial charge in [-0.25, -0.2) is 0 Å². The number of rotatable bonds is 4. The van der Waals surface area contributed by atoms with Crippen molar-refractivity contribution in [2.24, 2.45) is 0 Å². The van der Waals surface area contributed by atoms with Crippen LogP contribution in [0.4, 0.5) is 0 Å². The van der Waals surface area contributed by atoms with Crippen LogP contribution in [-0.2, 0) is 4.79 Å². The molecule has 12 heavy (non-hydrogen) atoms. The van der Waals surface area contributed by atoms with Crippen LogP contribution >= 0.6 is 0 Å². The highest BCUT2D eigenvalue weighted by atomic mass is 16.4. The maximum atomic E-state index is 10.2. The summed E-state index contributed by atoms with van der Waals surface area (Å²) >= 11 is 0. The second-order valence-corrected chi connectivity index (χ2v) is 4.23. The van der Waals surface area contributed by atoms with Gasteiger partial charge in [0.15, 0.2) is 0 Å². The Hall–Kier alpha value is -0.505. The topological polar surface area (TPSA) is 49.3 Å². The standard InChI is InChI=1S/C8H18BNO2/c1-8(2,3)10-6(9)4-5-7(11)12/h6,10H,4-5,9H2,1-3H3,(H,11,12). The molecule has 0 bridgehead atoms. The summed E-state index contributed by atoms with van der Waals surface area (Å²) in [5.74, 6) is -0.460. The highest BCUT2D eigenvalue weighted by molar-refractivity contribution is 6.11. The van der Waals surface area contributed by atoms with Gasteiger partial charge in [0, 0.05) is 12.0 Å². The maximum absolute atomic E-state index is 10.2. The van der Waals surface area contributed by atoms with Gasteiger partial charge < -0.3 is 10.4 Å². The lowest BCUT2D eigenvalue weighted by Crippen LogP contribution is -2.44. The fraction of sp³-hybridized carbons (Fsp3) is 0.875. The molecule has 0 aromatic carbocycles. The second-order valence-electron chi connectivity index (χ2n) is 4.23. The van der Waals surface area contributed by atoms with Gasteiger partial charge in [0.2, 0.25) is 0 Å². The van der Waals surface area contributed by atoms with Crippen molar-refractivity contribution in [3.05, 3.63) is 0 Å². The molecule has 0 radical (unpaired) electrons. The molecule has 70 valence electrons. The maximum Gasteiger partial charge on any atom is 0.303 e. The Morgan fingerprint density at radius 2 is 2.08 bits per heavy atom. The third-order valence-electron chi connectivity index (χ3n) is 1.47. The molecule has 4 heteroatoms. The minimum atomic E-state index is -0.724. The molecule has 0 aliphatic rings. The lowest BCUT2D eigenvalue weighted by molar-refractivity contribution is -0.137. The van der Waals surface area contributed by atoms with Gasteiger partial charge in [-0.2, -0.15) is 0 Å². The number of carbonyl (C=O) groups is 1. The Morgan fingerprint density at radius 3 is 2.42 bits per heavy atom. The highest BCUT2D eigenvalue weighted by Crippen LogP contribution is 2.03. The van der Waals surface area contributed by atoms with Crippen LogP contribution in [0.15, 0.2) is 0 Å². The average Bonchev–Trinajstić information content (AvgIpc) is 1.79. The first kappa shape index (κ1) is 11.5. The molecule has 0 saturated carbocycles. The van der Waals surface area contributed by atoms with Gasteiger partial charge in [-0.05, 0) is 33.1 Å². The van der Waals surface area contributed by atoms with E-state index in [1.165, 1.54) is 0 Å². The van der Waals surface area contributed by atoms with E-state index in [0.717, 1.165) is 0 Å². The van der Waals surface area contributed by atoms with Gasteiger partial charge in [0.1, 0.15) is 7.85 Å². The average molecular weight is 171 g/mol. The third kappa shape index (κ3) is 7.60. The van der Waals surface area contributed by atoms with Crippen molar-refractivity contribution in [1.82, 2.24) is 5.32 Å². The molecule has 1 unspecified atom stereocenters. The molecule has 0 heterocycles. The van der Waals surface area contributed by atoms with E-state index in [1.807, 2.05) is 7.85 Å². The fourth-order valence-corrected chi connectivity index (χ4v) is 1.15. The normalized spacial score (nSPS) is 14.2. The zero-order chi connectivity index (χ0) is 9.78. The van der Waals surface area contributed by atoms with E-state index in [1.54, 1.807) is 0 Å². The molecular formula is C8H18BNO2. The molecule has 0 aromatic heterocycles. The Balaban J connectivity index is 3.60. The van der Waals surface area contributed by atoms with E-state index < -0.39 is 5.97 Å². The lowest BCUT2D eigenvalue weighted by Gasteiger charge is -2.25. The molecule has 0 aromatic rings. The predicted octanol–water partition coefficient (Wildman–Crippen LogP) is 0.198. The first-order valence-electron chi connectivity index (χ1n) is 4.31.